The number of benzene rings is 2. The van der Waals surface area contributed by atoms with Crippen LogP contribution in [0.25, 0.3) is 11.3 Å². The van der Waals surface area contributed by atoms with Gasteiger partial charge in [0.1, 0.15) is 17.3 Å². The zero-order valence-corrected chi connectivity index (χ0v) is 13.9. The second-order valence-electron chi connectivity index (χ2n) is 5.65. The third-order valence-corrected chi connectivity index (χ3v) is 3.81. The molecule has 0 aliphatic carbocycles. The first-order valence-corrected chi connectivity index (χ1v) is 8.16. The Hall–Kier alpha value is -3.19. The normalized spacial score (nSPS) is 10.7. The summed E-state index contributed by atoms with van der Waals surface area (Å²) in [5.74, 6) is 0.913. The van der Waals surface area contributed by atoms with Crippen LogP contribution in [0.5, 0.6) is 0 Å². The first kappa shape index (κ1) is 17.6. The van der Waals surface area contributed by atoms with Crippen molar-refractivity contribution >= 4 is 11.4 Å². The van der Waals surface area contributed by atoms with Crippen LogP contribution < -0.4 is 10.6 Å². The van der Waals surface area contributed by atoms with Crippen molar-refractivity contribution in [2.24, 2.45) is 0 Å². The van der Waals surface area contributed by atoms with E-state index in [4.69, 9.17) is 4.42 Å². The van der Waals surface area contributed by atoms with Gasteiger partial charge >= 0.3 is 0 Å². The molecule has 0 saturated heterocycles. The molecule has 0 bridgehead atoms. The Kier molecular flexibility index (Phi) is 5.60. The fraction of sp³-hybridized carbons (Fsp3) is 0.158. The summed E-state index contributed by atoms with van der Waals surface area (Å²) in [6.45, 7) is 1.85. The van der Waals surface area contributed by atoms with Gasteiger partial charge in [0.05, 0.1) is 17.0 Å². The van der Waals surface area contributed by atoms with Crippen molar-refractivity contribution in [2.45, 2.75) is 6.54 Å². The topological polar surface area (TPSA) is 80.3 Å². The molecule has 134 valence electrons. The molecular weight excluding hydrogens is 337 g/mol. The molecule has 26 heavy (non-hydrogen) atoms. The van der Waals surface area contributed by atoms with Gasteiger partial charge in [-0.15, -0.1) is 0 Å². The van der Waals surface area contributed by atoms with E-state index in [1.54, 1.807) is 36.4 Å². The first-order chi connectivity index (χ1) is 12.6. The molecule has 0 fully saturated rings. The number of nitro benzene ring substituents is 1. The number of hydrogen-bond donors (Lipinski definition) is 2. The highest BCUT2D eigenvalue weighted by Crippen LogP contribution is 2.24. The first-order valence-electron chi connectivity index (χ1n) is 8.16. The maximum atomic E-state index is 13.7. The maximum Gasteiger partial charge on any atom is 0.269 e. The summed E-state index contributed by atoms with van der Waals surface area (Å²) in [5.41, 5.74) is 1.33. The minimum absolute atomic E-state index is 0.0668. The van der Waals surface area contributed by atoms with Crippen LogP contribution in [-0.4, -0.2) is 18.0 Å². The highest BCUT2D eigenvalue weighted by atomic mass is 19.1. The fourth-order valence-corrected chi connectivity index (χ4v) is 2.49. The van der Waals surface area contributed by atoms with Gasteiger partial charge in [-0.25, -0.2) is 4.39 Å². The van der Waals surface area contributed by atoms with Gasteiger partial charge in [-0.2, -0.15) is 0 Å². The van der Waals surface area contributed by atoms with Crippen LogP contribution in [-0.2, 0) is 6.54 Å². The van der Waals surface area contributed by atoms with Gasteiger partial charge in [0.25, 0.3) is 5.69 Å². The van der Waals surface area contributed by atoms with Crippen LogP contribution in [0.2, 0.25) is 0 Å². The molecule has 1 heterocycles. The minimum atomic E-state index is -0.426. The molecule has 0 amide bonds. The average Bonchev–Trinajstić information content (AvgIpc) is 3.11. The van der Waals surface area contributed by atoms with Crippen LogP contribution in [0.1, 0.15) is 5.76 Å². The summed E-state index contributed by atoms with van der Waals surface area (Å²) in [6.07, 6.45) is 0. The van der Waals surface area contributed by atoms with Crippen molar-refractivity contribution in [1.29, 1.82) is 0 Å². The van der Waals surface area contributed by atoms with Gasteiger partial charge < -0.3 is 15.1 Å². The van der Waals surface area contributed by atoms with E-state index >= 15 is 0 Å². The third kappa shape index (κ3) is 4.46. The molecule has 2 aromatic carbocycles. The molecule has 6 nitrogen and oxygen atoms in total. The molecule has 0 aliphatic heterocycles. The van der Waals surface area contributed by atoms with Crippen LogP contribution in [0.15, 0.2) is 65.1 Å². The number of rotatable bonds is 8. The van der Waals surface area contributed by atoms with E-state index in [1.807, 2.05) is 6.07 Å². The number of non-ortho nitro benzene ring substituents is 1. The lowest BCUT2D eigenvalue weighted by Gasteiger charge is -2.07. The van der Waals surface area contributed by atoms with Crippen molar-refractivity contribution in [1.82, 2.24) is 5.32 Å². The van der Waals surface area contributed by atoms with Gasteiger partial charge in [-0.3, -0.25) is 10.1 Å². The number of halogens is 1. The Labute approximate surface area is 149 Å². The van der Waals surface area contributed by atoms with Crippen molar-refractivity contribution in [2.75, 3.05) is 18.4 Å². The number of nitro groups is 1. The predicted molar refractivity (Wildman–Crippen MR) is 97.4 cm³/mol. The van der Waals surface area contributed by atoms with Gasteiger partial charge in [0.15, 0.2) is 0 Å². The Morgan fingerprint density at radius 2 is 1.77 bits per heavy atom. The highest BCUT2D eigenvalue weighted by Gasteiger charge is 2.08. The number of furan rings is 1. The summed E-state index contributed by atoms with van der Waals surface area (Å²) >= 11 is 0. The summed E-state index contributed by atoms with van der Waals surface area (Å²) in [4.78, 5) is 10.2. The quantitative estimate of drug-likeness (QED) is 0.360. The van der Waals surface area contributed by atoms with Crippen molar-refractivity contribution < 1.29 is 13.7 Å². The summed E-state index contributed by atoms with van der Waals surface area (Å²) < 4.78 is 19.4. The summed E-state index contributed by atoms with van der Waals surface area (Å²) in [5, 5.41) is 17.0. The number of hydrogen-bond acceptors (Lipinski definition) is 5. The molecule has 0 unspecified atom stereocenters. The molecule has 0 atom stereocenters. The van der Waals surface area contributed by atoms with Crippen molar-refractivity contribution in [3.8, 4) is 11.3 Å². The largest absolute Gasteiger partial charge is 0.460 e. The Morgan fingerprint density at radius 3 is 2.50 bits per heavy atom. The lowest BCUT2D eigenvalue weighted by atomic mass is 10.1. The van der Waals surface area contributed by atoms with Gasteiger partial charge in [0.2, 0.25) is 0 Å². The molecule has 0 radical (unpaired) electrons. The average molecular weight is 355 g/mol. The lowest BCUT2D eigenvalue weighted by molar-refractivity contribution is -0.384. The molecule has 0 aliphatic rings. The number of anilines is 1. The molecule has 7 heteroatoms. The second-order valence-corrected chi connectivity index (χ2v) is 5.65. The van der Waals surface area contributed by atoms with Crippen molar-refractivity contribution in [3.05, 3.63) is 82.4 Å². The zero-order chi connectivity index (χ0) is 18.4. The minimum Gasteiger partial charge on any atom is -0.460 e. The predicted octanol–water partition coefficient (Wildman–Crippen LogP) is 4.20. The van der Waals surface area contributed by atoms with Gasteiger partial charge in [-0.05, 0) is 36.4 Å². The number of nitrogens with one attached hydrogen (secondary N) is 2. The van der Waals surface area contributed by atoms with Crippen LogP contribution in [0.4, 0.5) is 15.8 Å². The monoisotopic (exact) mass is 355 g/mol. The van der Waals surface area contributed by atoms with E-state index in [0.717, 1.165) is 11.4 Å². The highest BCUT2D eigenvalue weighted by molar-refractivity contribution is 5.58. The third-order valence-electron chi connectivity index (χ3n) is 3.81. The standard InChI is InChI=1S/C19H18FN3O3/c20-18-4-2-1-3-17(18)19-10-9-16(26-19)13-21-11-12-22-14-5-7-15(8-6-14)23(24)25/h1-10,21-22H,11-13H2. The maximum absolute atomic E-state index is 13.7. The van der Waals surface area contributed by atoms with Crippen LogP contribution >= 0.6 is 0 Å². The molecule has 2 N–H and O–H groups in total. The lowest BCUT2D eigenvalue weighted by Crippen LogP contribution is -2.21. The second kappa shape index (κ2) is 8.26. The molecule has 0 spiro atoms. The molecular formula is C19H18FN3O3. The number of nitrogens with zero attached hydrogens (tertiary/aromatic N) is 1. The van der Waals surface area contributed by atoms with E-state index in [0.29, 0.717) is 31.0 Å². The van der Waals surface area contributed by atoms with E-state index in [-0.39, 0.29) is 11.5 Å². The van der Waals surface area contributed by atoms with E-state index < -0.39 is 4.92 Å². The van der Waals surface area contributed by atoms with Crippen molar-refractivity contribution in [3.63, 3.8) is 0 Å². The smallest absolute Gasteiger partial charge is 0.269 e. The van der Waals surface area contributed by atoms with E-state index in [1.165, 1.54) is 18.2 Å². The molecule has 3 rings (SSSR count). The fourth-order valence-electron chi connectivity index (χ4n) is 2.49. The van der Waals surface area contributed by atoms with Gasteiger partial charge in [0, 0.05) is 30.9 Å². The van der Waals surface area contributed by atoms with Crippen LogP contribution in [0, 0.1) is 15.9 Å². The van der Waals surface area contributed by atoms with E-state index in [2.05, 4.69) is 10.6 Å². The Morgan fingerprint density at radius 1 is 1.00 bits per heavy atom. The van der Waals surface area contributed by atoms with Crippen LogP contribution in [0.3, 0.4) is 0 Å². The summed E-state index contributed by atoms with van der Waals surface area (Å²) in [6, 6.07) is 16.3. The molecule has 3 aromatic rings. The SMILES string of the molecule is O=[N+]([O-])c1ccc(NCCNCc2ccc(-c3ccccc3F)o2)cc1. The molecule has 1 aromatic heterocycles. The zero-order valence-electron chi connectivity index (χ0n) is 13.9. The van der Waals surface area contributed by atoms with Gasteiger partial charge in [-0.1, -0.05) is 12.1 Å². The Bertz CT molecular complexity index is 878. The molecule has 0 saturated carbocycles. The summed E-state index contributed by atoms with van der Waals surface area (Å²) in [7, 11) is 0. The van der Waals surface area contributed by atoms with E-state index in [9.17, 15) is 14.5 Å². The Balaban J connectivity index is 1.43.